The predicted octanol–water partition coefficient (Wildman–Crippen LogP) is 6.51. The second kappa shape index (κ2) is 13.2. The van der Waals surface area contributed by atoms with Crippen LogP contribution in [0.5, 0.6) is 0 Å². The number of aryl methyl sites for hydroxylation is 2. The van der Waals surface area contributed by atoms with Crippen LogP contribution in [0.3, 0.4) is 0 Å². The van der Waals surface area contributed by atoms with Crippen molar-refractivity contribution in [2.45, 2.75) is 85.0 Å². The maximum Gasteiger partial charge on any atom is 0.170 e. The molecule has 0 radical (unpaired) electrons. The Morgan fingerprint density at radius 1 is 0.792 bits per heavy atom. The largest absolute Gasteiger partial charge is 0.362 e. The van der Waals surface area contributed by atoms with Crippen molar-refractivity contribution in [3.05, 3.63) is 29.3 Å². The third-order valence-electron chi connectivity index (χ3n) is 4.30. The van der Waals surface area contributed by atoms with Crippen LogP contribution in [0.4, 0.5) is 5.69 Å². The third-order valence-corrected chi connectivity index (χ3v) is 4.54. The lowest BCUT2D eigenvalue weighted by atomic mass is 10.1. The van der Waals surface area contributed by atoms with Crippen LogP contribution < -0.4 is 10.6 Å². The molecule has 0 aliphatic heterocycles. The molecule has 0 spiro atoms. The molecule has 1 aromatic carbocycles. The van der Waals surface area contributed by atoms with E-state index in [-0.39, 0.29) is 0 Å². The Bertz CT molecular complexity index is 451. The first-order chi connectivity index (χ1) is 11.6. The zero-order valence-corrected chi connectivity index (χ0v) is 16.7. The van der Waals surface area contributed by atoms with Crippen molar-refractivity contribution in [1.82, 2.24) is 5.32 Å². The molecule has 0 aliphatic carbocycles. The maximum absolute atomic E-state index is 5.37. The Hall–Kier alpha value is -1.09. The minimum atomic E-state index is 0.732. The minimum Gasteiger partial charge on any atom is -0.362 e. The van der Waals surface area contributed by atoms with E-state index in [4.69, 9.17) is 12.2 Å². The summed E-state index contributed by atoms with van der Waals surface area (Å²) < 4.78 is 0. The molecule has 0 aromatic heterocycles. The van der Waals surface area contributed by atoms with Gasteiger partial charge in [0, 0.05) is 12.2 Å². The highest BCUT2D eigenvalue weighted by atomic mass is 32.1. The van der Waals surface area contributed by atoms with Gasteiger partial charge in [0.2, 0.25) is 0 Å². The monoisotopic (exact) mass is 348 g/mol. The summed E-state index contributed by atoms with van der Waals surface area (Å²) in [6.07, 6.45) is 13.7. The summed E-state index contributed by atoms with van der Waals surface area (Å²) in [4.78, 5) is 0. The van der Waals surface area contributed by atoms with Gasteiger partial charge in [0.25, 0.3) is 0 Å². The summed E-state index contributed by atoms with van der Waals surface area (Å²) in [7, 11) is 0. The number of anilines is 1. The van der Waals surface area contributed by atoms with Crippen molar-refractivity contribution in [3.8, 4) is 0 Å². The normalized spacial score (nSPS) is 10.6. The van der Waals surface area contributed by atoms with Crippen LogP contribution in [0.1, 0.15) is 82.3 Å². The lowest BCUT2D eigenvalue weighted by molar-refractivity contribution is 0.555. The first-order valence-corrected chi connectivity index (χ1v) is 10.2. The first kappa shape index (κ1) is 21.0. The Morgan fingerprint density at radius 2 is 1.29 bits per heavy atom. The fourth-order valence-corrected chi connectivity index (χ4v) is 3.26. The number of benzene rings is 1. The van der Waals surface area contributed by atoms with Crippen molar-refractivity contribution in [2.75, 3.05) is 11.9 Å². The van der Waals surface area contributed by atoms with Crippen LogP contribution >= 0.6 is 12.2 Å². The zero-order chi connectivity index (χ0) is 17.6. The highest BCUT2D eigenvalue weighted by Gasteiger charge is 1.99. The summed E-state index contributed by atoms with van der Waals surface area (Å²) in [6, 6.07) is 6.43. The molecule has 1 rings (SSSR count). The molecule has 0 saturated carbocycles. The second-order valence-corrected chi connectivity index (χ2v) is 7.35. The van der Waals surface area contributed by atoms with Crippen LogP contribution in [0.25, 0.3) is 0 Å². The Labute approximate surface area is 154 Å². The average molecular weight is 349 g/mol. The van der Waals surface area contributed by atoms with Crippen LogP contribution in [0.2, 0.25) is 0 Å². The molecule has 0 unspecified atom stereocenters. The molecular formula is C21H36N2S. The molecule has 2 N–H and O–H groups in total. The van der Waals surface area contributed by atoms with Gasteiger partial charge >= 0.3 is 0 Å². The average Bonchev–Trinajstić information content (AvgIpc) is 2.51. The van der Waals surface area contributed by atoms with Gasteiger partial charge in [-0.1, -0.05) is 70.8 Å². The van der Waals surface area contributed by atoms with E-state index in [0.717, 1.165) is 17.3 Å². The van der Waals surface area contributed by atoms with E-state index in [1.54, 1.807) is 0 Å². The molecule has 1 aromatic rings. The number of unbranched alkanes of at least 4 members (excludes halogenated alkanes) is 9. The highest BCUT2D eigenvalue weighted by molar-refractivity contribution is 7.80. The number of hydrogen-bond acceptors (Lipinski definition) is 1. The fourth-order valence-electron chi connectivity index (χ4n) is 3.04. The zero-order valence-electron chi connectivity index (χ0n) is 15.9. The minimum absolute atomic E-state index is 0.732. The van der Waals surface area contributed by atoms with Crippen molar-refractivity contribution in [2.24, 2.45) is 0 Å². The SMILES string of the molecule is CCCCCCCCCCCCNC(=S)Nc1cc(C)cc(C)c1. The highest BCUT2D eigenvalue weighted by Crippen LogP contribution is 2.13. The van der Waals surface area contributed by atoms with Gasteiger partial charge in [-0.2, -0.15) is 0 Å². The van der Waals surface area contributed by atoms with Gasteiger partial charge in [0.1, 0.15) is 0 Å². The Morgan fingerprint density at radius 3 is 1.83 bits per heavy atom. The molecule has 0 amide bonds. The number of rotatable bonds is 12. The molecule has 0 heterocycles. The molecule has 2 nitrogen and oxygen atoms in total. The lowest BCUT2D eigenvalue weighted by Gasteiger charge is -2.11. The molecule has 0 bridgehead atoms. The summed E-state index contributed by atoms with van der Waals surface area (Å²) in [6.45, 7) is 7.46. The molecule has 0 aliphatic rings. The third kappa shape index (κ3) is 10.6. The Balaban J connectivity index is 1.98. The summed E-state index contributed by atoms with van der Waals surface area (Å²) >= 11 is 5.37. The van der Waals surface area contributed by atoms with Crippen molar-refractivity contribution in [3.63, 3.8) is 0 Å². The summed E-state index contributed by atoms with van der Waals surface area (Å²) in [5, 5.41) is 7.33. The van der Waals surface area contributed by atoms with Crippen molar-refractivity contribution >= 4 is 23.0 Å². The molecule has 0 atom stereocenters. The fraction of sp³-hybridized carbons (Fsp3) is 0.667. The Kier molecular flexibility index (Phi) is 11.5. The molecule has 24 heavy (non-hydrogen) atoms. The maximum atomic E-state index is 5.37. The molecular weight excluding hydrogens is 312 g/mol. The van der Waals surface area contributed by atoms with Crippen LogP contribution in [-0.4, -0.2) is 11.7 Å². The van der Waals surface area contributed by atoms with E-state index in [2.05, 4.69) is 49.6 Å². The number of thiocarbonyl (C=S) groups is 1. The van der Waals surface area contributed by atoms with E-state index in [0.29, 0.717) is 0 Å². The van der Waals surface area contributed by atoms with Crippen molar-refractivity contribution in [1.29, 1.82) is 0 Å². The predicted molar refractivity (Wildman–Crippen MR) is 112 cm³/mol. The smallest absolute Gasteiger partial charge is 0.170 e. The molecule has 3 heteroatoms. The molecule has 136 valence electrons. The van der Waals surface area contributed by atoms with E-state index < -0.39 is 0 Å². The molecule has 0 fully saturated rings. The van der Waals surface area contributed by atoms with E-state index in [1.165, 1.54) is 75.3 Å². The second-order valence-electron chi connectivity index (χ2n) is 6.94. The lowest BCUT2D eigenvalue weighted by Crippen LogP contribution is -2.29. The van der Waals surface area contributed by atoms with E-state index in [1.807, 2.05) is 0 Å². The summed E-state index contributed by atoms with van der Waals surface area (Å²) in [5.41, 5.74) is 3.60. The quantitative estimate of drug-likeness (QED) is 0.332. The number of hydrogen-bond donors (Lipinski definition) is 2. The molecule has 0 saturated heterocycles. The van der Waals surface area contributed by atoms with Crippen LogP contribution in [0, 0.1) is 13.8 Å². The van der Waals surface area contributed by atoms with Gasteiger partial charge in [-0.05, 0) is 55.7 Å². The topological polar surface area (TPSA) is 24.1 Å². The van der Waals surface area contributed by atoms with Gasteiger partial charge in [-0.25, -0.2) is 0 Å². The van der Waals surface area contributed by atoms with Gasteiger partial charge in [-0.3, -0.25) is 0 Å². The van der Waals surface area contributed by atoms with Crippen LogP contribution in [-0.2, 0) is 0 Å². The first-order valence-electron chi connectivity index (χ1n) is 9.75. The van der Waals surface area contributed by atoms with Gasteiger partial charge in [0.05, 0.1) is 0 Å². The van der Waals surface area contributed by atoms with E-state index in [9.17, 15) is 0 Å². The van der Waals surface area contributed by atoms with Gasteiger partial charge in [0.15, 0.2) is 5.11 Å². The van der Waals surface area contributed by atoms with Crippen molar-refractivity contribution < 1.29 is 0 Å². The van der Waals surface area contributed by atoms with E-state index >= 15 is 0 Å². The van der Waals surface area contributed by atoms with Gasteiger partial charge < -0.3 is 10.6 Å². The number of nitrogens with one attached hydrogen (secondary N) is 2. The summed E-state index contributed by atoms with van der Waals surface area (Å²) in [5.74, 6) is 0. The van der Waals surface area contributed by atoms with Gasteiger partial charge in [-0.15, -0.1) is 0 Å². The standard InChI is InChI=1S/C21H36N2S/c1-4-5-6-7-8-9-10-11-12-13-14-22-21(24)23-20-16-18(2)15-19(3)17-20/h15-17H,4-14H2,1-3H3,(H2,22,23,24). The van der Waals surface area contributed by atoms with Crippen LogP contribution in [0.15, 0.2) is 18.2 Å².